The molecule has 2 aliphatic heterocycles. The largest absolute Gasteiger partial charge is 0.484 e. The summed E-state index contributed by atoms with van der Waals surface area (Å²) in [6, 6.07) is 22.8. The molecule has 5 rings (SSSR count). The SMILES string of the molecule is CC(C)[C@@H]1C[C@H](c2ccccc2F)CO[C@H]1c1cccc(OCC(=O)Nc2ccc(N3CCCCC3)cc2)c1. The Morgan fingerprint density at radius 1 is 1.03 bits per heavy atom. The lowest BCUT2D eigenvalue weighted by Gasteiger charge is -2.39. The van der Waals surface area contributed by atoms with E-state index in [1.807, 2.05) is 48.5 Å². The van der Waals surface area contributed by atoms with Crippen LogP contribution >= 0.6 is 0 Å². The first kappa shape index (κ1) is 27.2. The molecule has 39 heavy (non-hydrogen) atoms. The molecule has 206 valence electrons. The first-order valence-corrected chi connectivity index (χ1v) is 14.2. The fourth-order valence-corrected chi connectivity index (χ4v) is 5.89. The number of carbonyl (C=O) groups excluding carboxylic acids is 1. The molecule has 0 spiro atoms. The molecule has 2 fully saturated rings. The van der Waals surface area contributed by atoms with Gasteiger partial charge in [-0.15, -0.1) is 0 Å². The van der Waals surface area contributed by atoms with Crippen LogP contribution in [0.3, 0.4) is 0 Å². The third-order valence-electron chi connectivity index (χ3n) is 8.05. The Kier molecular flexibility index (Phi) is 8.82. The van der Waals surface area contributed by atoms with Crippen LogP contribution in [0.1, 0.15) is 62.7 Å². The number of nitrogens with zero attached hydrogens (tertiary/aromatic N) is 1. The second-order valence-electron chi connectivity index (χ2n) is 11.1. The topological polar surface area (TPSA) is 50.8 Å². The molecule has 5 nitrogen and oxygen atoms in total. The molecule has 1 amide bonds. The average Bonchev–Trinajstić information content (AvgIpc) is 2.97. The zero-order valence-corrected chi connectivity index (χ0v) is 22.9. The molecule has 0 bridgehead atoms. The molecule has 0 aliphatic carbocycles. The van der Waals surface area contributed by atoms with Crippen LogP contribution in [0, 0.1) is 17.7 Å². The third-order valence-corrected chi connectivity index (χ3v) is 8.05. The number of benzene rings is 3. The van der Waals surface area contributed by atoms with E-state index in [4.69, 9.17) is 9.47 Å². The summed E-state index contributed by atoms with van der Waals surface area (Å²) in [7, 11) is 0. The van der Waals surface area contributed by atoms with Crippen molar-refractivity contribution in [1.82, 2.24) is 0 Å². The molecular weight excluding hydrogens is 491 g/mol. The van der Waals surface area contributed by atoms with E-state index >= 15 is 0 Å². The summed E-state index contributed by atoms with van der Waals surface area (Å²) in [5.74, 6) is 0.889. The minimum Gasteiger partial charge on any atom is -0.484 e. The zero-order valence-electron chi connectivity index (χ0n) is 22.9. The van der Waals surface area contributed by atoms with Crippen molar-refractivity contribution in [2.75, 3.05) is 36.5 Å². The predicted octanol–water partition coefficient (Wildman–Crippen LogP) is 7.35. The first-order valence-electron chi connectivity index (χ1n) is 14.2. The van der Waals surface area contributed by atoms with Gasteiger partial charge in [0.25, 0.3) is 5.91 Å². The van der Waals surface area contributed by atoms with E-state index in [1.54, 1.807) is 6.07 Å². The second-order valence-corrected chi connectivity index (χ2v) is 11.1. The molecule has 0 saturated carbocycles. The lowest BCUT2D eigenvalue weighted by molar-refractivity contribution is -0.118. The molecule has 0 radical (unpaired) electrons. The van der Waals surface area contributed by atoms with Crippen molar-refractivity contribution < 1.29 is 18.7 Å². The van der Waals surface area contributed by atoms with E-state index in [9.17, 15) is 9.18 Å². The van der Waals surface area contributed by atoms with Gasteiger partial charge in [0.05, 0.1) is 12.7 Å². The molecular formula is C33H39FN2O3. The maximum atomic E-state index is 14.5. The van der Waals surface area contributed by atoms with Gasteiger partial charge in [0, 0.05) is 30.4 Å². The van der Waals surface area contributed by atoms with Crippen molar-refractivity contribution in [3.8, 4) is 5.75 Å². The summed E-state index contributed by atoms with van der Waals surface area (Å²) in [6.07, 6.45) is 4.51. The third kappa shape index (κ3) is 6.80. The molecule has 2 aliphatic rings. The van der Waals surface area contributed by atoms with Crippen molar-refractivity contribution in [1.29, 1.82) is 0 Å². The summed E-state index contributed by atoms with van der Waals surface area (Å²) < 4.78 is 26.7. The number of nitrogens with one attached hydrogen (secondary N) is 1. The summed E-state index contributed by atoms with van der Waals surface area (Å²) in [4.78, 5) is 15.0. The van der Waals surface area contributed by atoms with Crippen molar-refractivity contribution in [2.24, 2.45) is 11.8 Å². The normalized spacial score (nSPS) is 21.5. The number of ether oxygens (including phenoxy) is 2. The number of hydrogen-bond donors (Lipinski definition) is 1. The maximum absolute atomic E-state index is 14.5. The minimum atomic E-state index is -0.201. The van der Waals surface area contributed by atoms with Gasteiger partial charge in [-0.3, -0.25) is 4.79 Å². The highest BCUT2D eigenvalue weighted by atomic mass is 19.1. The quantitative estimate of drug-likeness (QED) is 0.331. The Morgan fingerprint density at radius 2 is 1.79 bits per heavy atom. The fraction of sp³-hybridized carbons (Fsp3) is 0.424. The monoisotopic (exact) mass is 530 g/mol. The molecule has 3 atom stereocenters. The molecule has 3 aromatic carbocycles. The predicted molar refractivity (Wildman–Crippen MR) is 154 cm³/mol. The lowest BCUT2D eigenvalue weighted by Crippen LogP contribution is -2.31. The van der Waals surface area contributed by atoms with Crippen LogP contribution in [0.5, 0.6) is 5.75 Å². The minimum absolute atomic E-state index is 0.0342. The van der Waals surface area contributed by atoms with Crippen molar-refractivity contribution in [3.63, 3.8) is 0 Å². The van der Waals surface area contributed by atoms with Crippen molar-refractivity contribution in [3.05, 3.63) is 89.7 Å². The van der Waals surface area contributed by atoms with E-state index < -0.39 is 0 Å². The average molecular weight is 531 g/mol. The smallest absolute Gasteiger partial charge is 0.262 e. The lowest BCUT2D eigenvalue weighted by atomic mass is 9.76. The van der Waals surface area contributed by atoms with E-state index in [0.717, 1.165) is 36.3 Å². The summed E-state index contributed by atoms with van der Waals surface area (Å²) in [5, 5.41) is 2.93. The van der Waals surface area contributed by atoms with E-state index in [1.165, 1.54) is 31.0 Å². The van der Waals surface area contributed by atoms with Crippen LogP contribution < -0.4 is 15.0 Å². The van der Waals surface area contributed by atoms with Crippen LogP contribution in [0.15, 0.2) is 72.8 Å². The fourth-order valence-electron chi connectivity index (χ4n) is 5.89. The van der Waals surface area contributed by atoms with Gasteiger partial charge in [0.2, 0.25) is 0 Å². The summed E-state index contributed by atoms with van der Waals surface area (Å²) in [6.45, 7) is 6.96. The molecule has 2 heterocycles. The van der Waals surface area contributed by atoms with Crippen LogP contribution in [-0.4, -0.2) is 32.2 Å². The molecule has 6 heteroatoms. The van der Waals surface area contributed by atoms with Gasteiger partial charge in [-0.05, 0) is 91.1 Å². The number of rotatable bonds is 8. The van der Waals surface area contributed by atoms with Gasteiger partial charge in [-0.2, -0.15) is 0 Å². The first-order chi connectivity index (χ1) is 19.0. The van der Waals surface area contributed by atoms with E-state index in [2.05, 4.69) is 36.2 Å². The van der Waals surface area contributed by atoms with Gasteiger partial charge in [-0.25, -0.2) is 4.39 Å². The zero-order chi connectivity index (χ0) is 27.2. The highest BCUT2D eigenvalue weighted by Crippen LogP contribution is 2.44. The van der Waals surface area contributed by atoms with Crippen molar-refractivity contribution >= 4 is 17.3 Å². The van der Waals surface area contributed by atoms with Gasteiger partial charge >= 0.3 is 0 Å². The van der Waals surface area contributed by atoms with Crippen molar-refractivity contribution in [2.45, 2.75) is 51.6 Å². The number of hydrogen-bond acceptors (Lipinski definition) is 4. The Hall–Kier alpha value is -3.38. The standard InChI is InChI=1S/C33H39FN2O3/c1-23(2)30-20-25(29-11-4-5-12-31(29)34)21-39-33(30)24-9-8-10-28(19-24)38-22-32(37)35-26-13-15-27(16-14-26)36-17-6-3-7-18-36/h4-5,8-16,19,23,25,30,33H,3,6-7,17-18,20-22H2,1-2H3,(H,35,37)/t25-,30-,33-/m0/s1. The number of carbonyl (C=O) groups is 1. The molecule has 1 N–H and O–H groups in total. The van der Waals surface area contributed by atoms with Gasteiger partial charge < -0.3 is 19.7 Å². The van der Waals surface area contributed by atoms with Gasteiger partial charge in [0.15, 0.2) is 6.61 Å². The van der Waals surface area contributed by atoms with Crippen LogP contribution in [0.2, 0.25) is 0 Å². The molecule has 2 saturated heterocycles. The Balaban J connectivity index is 1.18. The summed E-state index contributed by atoms with van der Waals surface area (Å²) in [5.41, 5.74) is 3.71. The summed E-state index contributed by atoms with van der Waals surface area (Å²) >= 11 is 0. The number of amides is 1. The second kappa shape index (κ2) is 12.6. The molecule has 0 unspecified atom stereocenters. The van der Waals surface area contributed by atoms with Gasteiger partial charge in [0.1, 0.15) is 11.6 Å². The number of anilines is 2. The van der Waals surface area contributed by atoms with E-state index in [0.29, 0.717) is 18.3 Å². The highest BCUT2D eigenvalue weighted by Gasteiger charge is 2.35. The Bertz CT molecular complexity index is 1240. The maximum Gasteiger partial charge on any atom is 0.262 e. The Labute approximate surface area is 231 Å². The number of halogens is 1. The molecule has 0 aromatic heterocycles. The van der Waals surface area contributed by atoms with Gasteiger partial charge in [-0.1, -0.05) is 44.2 Å². The Morgan fingerprint density at radius 3 is 2.54 bits per heavy atom. The molecule has 3 aromatic rings. The highest BCUT2D eigenvalue weighted by molar-refractivity contribution is 5.92. The van der Waals surface area contributed by atoms with E-state index in [-0.39, 0.29) is 36.3 Å². The van der Waals surface area contributed by atoms with Crippen LogP contribution in [0.4, 0.5) is 15.8 Å². The van der Waals surface area contributed by atoms with Crippen LogP contribution in [0.25, 0.3) is 0 Å². The number of piperidine rings is 1. The van der Waals surface area contributed by atoms with Crippen LogP contribution in [-0.2, 0) is 9.53 Å².